The Labute approximate surface area is 277 Å². The van der Waals surface area contributed by atoms with Crippen LogP contribution >= 0.6 is 11.3 Å². The van der Waals surface area contributed by atoms with Crippen LogP contribution in [-0.4, -0.2) is 90.0 Å². The van der Waals surface area contributed by atoms with Gasteiger partial charge in [0, 0.05) is 17.5 Å². The number of oxime groups is 1. The first-order valence-corrected chi connectivity index (χ1v) is 16.7. The molecule has 5 amide bonds. The maximum atomic E-state index is 13.5. The van der Waals surface area contributed by atoms with Crippen LogP contribution in [0, 0.1) is 0 Å². The summed E-state index contributed by atoms with van der Waals surface area (Å²) in [5, 5.41) is 15.1. The monoisotopic (exact) mass is 704 g/mol. The van der Waals surface area contributed by atoms with E-state index in [0.717, 1.165) is 11.3 Å². The van der Waals surface area contributed by atoms with E-state index in [1.807, 2.05) is 0 Å². The Morgan fingerprint density at radius 2 is 1.57 bits per heavy atom. The molecule has 0 unspecified atom stereocenters. The molecule has 0 aliphatic carbocycles. The van der Waals surface area contributed by atoms with Crippen molar-refractivity contribution in [1.82, 2.24) is 30.4 Å². The molecule has 1 fully saturated rings. The van der Waals surface area contributed by atoms with Gasteiger partial charge in [0.15, 0.2) is 10.8 Å². The van der Waals surface area contributed by atoms with E-state index in [4.69, 9.17) is 14.3 Å². The van der Waals surface area contributed by atoms with Crippen LogP contribution in [0.5, 0.6) is 0 Å². The molecular formula is C27H44N8O10S2. The molecule has 18 nitrogen and oxygen atoms in total. The number of anilines is 1. The van der Waals surface area contributed by atoms with Crippen molar-refractivity contribution >= 4 is 62.3 Å². The van der Waals surface area contributed by atoms with Crippen molar-refractivity contribution in [2.75, 3.05) is 11.9 Å². The number of hydrogen-bond donors (Lipinski definition) is 6. The number of carbonyl (C=O) groups excluding carboxylic acids is 5. The van der Waals surface area contributed by atoms with Crippen molar-refractivity contribution in [3.63, 3.8) is 0 Å². The number of urea groups is 1. The Bertz CT molecular complexity index is 1500. The third-order valence-corrected chi connectivity index (χ3v) is 7.09. The predicted molar refractivity (Wildman–Crippen MR) is 172 cm³/mol. The van der Waals surface area contributed by atoms with Gasteiger partial charge in [0.2, 0.25) is 11.5 Å². The van der Waals surface area contributed by atoms with Gasteiger partial charge >= 0.3 is 28.3 Å². The average molecular weight is 705 g/mol. The van der Waals surface area contributed by atoms with E-state index in [9.17, 15) is 32.4 Å². The van der Waals surface area contributed by atoms with Crippen LogP contribution in [0.1, 0.15) is 81.9 Å². The molecule has 2 rings (SSSR count). The predicted octanol–water partition coefficient (Wildman–Crippen LogP) is 1.25. The van der Waals surface area contributed by atoms with Crippen LogP contribution in [0.15, 0.2) is 10.5 Å². The van der Waals surface area contributed by atoms with E-state index < -0.39 is 86.8 Å². The molecule has 2 heterocycles. The summed E-state index contributed by atoms with van der Waals surface area (Å²) in [6.45, 7) is 17.3. The second-order valence-corrected chi connectivity index (χ2v) is 16.3. The fourth-order valence-electron chi connectivity index (χ4n) is 3.34. The van der Waals surface area contributed by atoms with Gasteiger partial charge in [-0.25, -0.2) is 24.1 Å². The molecule has 1 saturated heterocycles. The second-order valence-electron chi connectivity index (χ2n) is 13.9. The van der Waals surface area contributed by atoms with Gasteiger partial charge in [-0.15, -0.1) is 11.3 Å². The zero-order chi connectivity index (χ0) is 36.2. The van der Waals surface area contributed by atoms with Crippen molar-refractivity contribution in [2.24, 2.45) is 5.16 Å². The van der Waals surface area contributed by atoms with E-state index in [2.05, 4.69) is 36.1 Å². The lowest BCUT2D eigenvalue weighted by molar-refractivity contribution is -0.179. The molecular weight excluding hydrogens is 660 g/mol. The van der Waals surface area contributed by atoms with Crippen LogP contribution in [0.25, 0.3) is 0 Å². The molecule has 1 aliphatic heterocycles. The quantitative estimate of drug-likeness (QED) is 0.0828. The van der Waals surface area contributed by atoms with E-state index in [-0.39, 0.29) is 10.8 Å². The molecule has 47 heavy (non-hydrogen) atoms. The lowest BCUT2D eigenvalue weighted by atomic mass is 9.99. The summed E-state index contributed by atoms with van der Waals surface area (Å²) in [5.41, 5.74) is -4.59. The molecule has 20 heteroatoms. The number of β-lactam (4-membered cyclic amide) rings is 1. The van der Waals surface area contributed by atoms with Gasteiger partial charge in [-0.2, -0.15) is 13.1 Å². The van der Waals surface area contributed by atoms with Crippen LogP contribution in [0.3, 0.4) is 0 Å². The highest BCUT2D eigenvalue weighted by Gasteiger charge is 2.42. The summed E-state index contributed by atoms with van der Waals surface area (Å²) < 4.78 is 39.2. The summed E-state index contributed by atoms with van der Waals surface area (Å²) in [4.78, 5) is 72.4. The summed E-state index contributed by atoms with van der Waals surface area (Å²) in [6, 6.07) is -3.13. The van der Waals surface area contributed by atoms with Crippen LogP contribution in [0.2, 0.25) is 0 Å². The molecule has 264 valence electrons. The Morgan fingerprint density at radius 3 is 2.11 bits per heavy atom. The minimum atomic E-state index is -4.34. The molecule has 0 bridgehead atoms. The topological polar surface area (TPSA) is 245 Å². The van der Waals surface area contributed by atoms with Crippen LogP contribution < -0.4 is 30.7 Å². The number of nitrogens with one attached hydrogen (secondary N) is 6. The molecule has 1 aromatic rings. The molecule has 0 radical (unpaired) electrons. The molecule has 0 spiro atoms. The number of rotatable bonds is 11. The number of amides is 5. The molecule has 1 aliphatic rings. The number of hydrogen-bond acceptors (Lipinski definition) is 13. The SMILES string of the molecule is CC(C)(C)NC(=O)NS(=O)(=O)NC[C@H]1NC(=O)[C@H]1NC(=O)/C(=N\OC(C)(C)C(=O)OC(C)(C)C)c1csc(NC(=O)OC(C)(C)C)n1. The number of thiazole rings is 1. The fourth-order valence-corrected chi connectivity index (χ4v) is 4.79. The Morgan fingerprint density at radius 1 is 0.979 bits per heavy atom. The van der Waals surface area contributed by atoms with E-state index in [1.54, 1.807) is 67.0 Å². The normalized spacial score (nSPS) is 17.4. The highest BCUT2D eigenvalue weighted by molar-refractivity contribution is 7.88. The zero-order valence-electron chi connectivity index (χ0n) is 28.2. The molecule has 0 saturated carbocycles. The molecule has 2 atom stereocenters. The zero-order valence-corrected chi connectivity index (χ0v) is 29.9. The van der Waals surface area contributed by atoms with Gasteiger partial charge in [-0.05, 0) is 76.2 Å². The fraction of sp³-hybridized carbons (Fsp3) is 0.667. The standard InChI is InChI=1S/C27H44N8O10S2/c1-24(2,3)33-21(39)35-47(41,42)28-12-14-16(18(36)29-14)31-19(37)17(34-45-27(10,11)20(38)43-25(4,5)6)15-13-46-22(30-15)32-23(40)44-26(7,8)9/h13-14,16,28H,12H2,1-11H3,(H,29,36)(H,31,37)(H,30,32,40)(H2,33,35,39)/b34-17-/t14-,16+/m1/s1. The van der Waals surface area contributed by atoms with Gasteiger partial charge in [-0.1, -0.05) is 5.16 Å². The number of carbonyl (C=O) groups is 5. The van der Waals surface area contributed by atoms with Gasteiger partial charge in [0.1, 0.15) is 22.9 Å². The first-order valence-electron chi connectivity index (χ1n) is 14.3. The third-order valence-electron chi connectivity index (χ3n) is 5.33. The van der Waals surface area contributed by atoms with Gasteiger partial charge in [-0.3, -0.25) is 14.9 Å². The Balaban J connectivity index is 2.26. The first kappa shape index (κ1) is 39.1. The number of ether oxygens (including phenoxy) is 2. The lowest BCUT2D eigenvalue weighted by Gasteiger charge is -2.37. The highest BCUT2D eigenvalue weighted by Crippen LogP contribution is 2.21. The summed E-state index contributed by atoms with van der Waals surface area (Å²) in [6.07, 6.45) is -0.801. The van der Waals surface area contributed by atoms with Crippen molar-refractivity contribution < 1.29 is 46.7 Å². The van der Waals surface area contributed by atoms with Crippen molar-refractivity contribution in [2.45, 2.75) is 111 Å². The summed E-state index contributed by atoms with van der Waals surface area (Å²) >= 11 is 0.929. The largest absolute Gasteiger partial charge is 0.457 e. The molecule has 6 N–H and O–H groups in total. The van der Waals surface area contributed by atoms with E-state index >= 15 is 0 Å². The average Bonchev–Trinajstić information content (AvgIpc) is 3.28. The van der Waals surface area contributed by atoms with E-state index in [0.29, 0.717) is 0 Å². The van der Waals surface area contributed by atoms with Gasteiger partial charge in [0.05, 0.1) is 6.04 Å². The van der Waals surface area contributed by atoms with Crippen LogP contribution in [-0.2, 0) is 38.9 Å². The molecule has 1 aromatic heterocycles. The summed E-state index contributed by atoms with van der Waals surface area (Å²) in [5.74, 6) is -2.40. The molecule has 0 aromatic carbocycles. The smallest absolute Gasteiger partial charge is 0.413 e. The minimum Gasteiger partial charge on any atom is -0.457 e. The third kappa shape index (κ3) is 13.3. The van der Waals surface area contributed by atoms with Crippen LogP contribution in [0.4, 0.5) is 14.7 Å². The van der Waals surface area contributed by atoms with Crippen molar-refractivity contribution in [3.05, 3.63) is 11.1 Å². The van der Waals surface area contributed by atoms with Crippen molar-refractivity contribution in [3.8, 4) is 0 Å². The number of nitrogens with zero attached hydrogens (tertiary/aromatic N) is 2. The second kappa shape index (κ2) is 14.4. The Kier molecular flexibility index (Phi) is 12.0. The maximum Gasteiger partial charge on any atom is 0.413 e. The number of aromatic nitrogens is 1. The maximum absolute atomic E-state index is 13.5. The Hall–Kier alpha value is -4.04. The van der Waals surface area contributed by atoms with Gasteiger partial charge < -0.3 is 30.3 Å². The minimum absolute atomic E-state index is 0.0396. The van der Waals surface area contributed by atoms with E-state index in [1.165, 1.54) is 19.2 Å². The lowest BCUT2D eigenvalue weighted by Crippen LogP contribution is -2.72. The van der Waals surface area contributed by atoms with Crippen molar-refractivity contribution in [1.29, 1.82) is 0 Å². The number of esters is 1. The van der Waals surface area contributed by atoms with Gasteiger partial charge in [0.25, 0.3) is 5.91 Å². The summed E-state index contributed by atoms with van der Waals surface area (Å²) in [7, 11) is -4.34. The first-order chi connectivity index (χ1) is 21.2. The highest BCUT2D eigenvalue weighted by atomic mass is 32.2.